The Hall–Kier alpha value is -2.30. The average Bonchev–Trinajstić information content (AvgIpc) is 3.31. The van der Waals surface area contributed by atoms with Crippen LogP contribution in [0, 0.1) is 13.8 Å². The van der Waals surface area contributed by atoms with Crippen molar-refractivity contribution in [1.29, 1.82) is 0 Å². The molecule has 1 aliphatic heterocycles. The Labute approximate surface area is 162 Å². The van der Waals surface area contributed by atoms with Crippen LogP contribution in [-0.2, 0) is 10.0 Å². The molecule has 0 saturated carbocycles. The molecule has 10 heteroatoms. The predicted octanol–water partition coefficient (Wildman–Crippen LogP) is 1.85. The molecule has 1 aliphatic rings. The fourth-order valence-corrected chi connectivity index (χ4v) is 5.93. The molecule has 0 bridgehead atoms. The number of thiophene rings is 1. The van der Waals surface area contributed by atoms with E-state index in [0.717, 1.165) is 16.5 Å². The zero-order valence-electron chi connectivity index (χ0n) is 15.1. The van der Waals surface area contributed by atoms with Gasteiger partial charge >= 0.3 is 0 Å². The lowest BCUT2D eigenvalue weighted by atomic mass is 10.3. The molecule has 8 nitrogen and oxygen atoms in total. The van der Waals surface area contributed by atoms with E-state index in [2.05, 4.69) is 20.1 Å². The highest BCUT2D eigenvalue weighted by Gasteiger charge is 2.30. The van der Waals surface area contributed by atoms with E-state index in [-0.39, 0.29) is 0 Å². The number of sulfonamides is 1. The summed E-state index contributed by atoms with van der Waals surface area (Å²) in [5.41, 5.74) is 0. The number of aromatic nitrogens is 4. The van der Waals surface area contributed by atoms with Gasteiger partial charge < -0.3 is 4.90 Å². The zero-order valence-corrected chi connectivity index (χ0v) is 16.7. The van der Waals surface area contributed by atoms with Crippen molar-refractivity contribution >= 4 is 27.2 Å². The molecule has 0 radical (unpaired) electrons. The molecular formula is C17H20N6O2S2. The molecule has 0 atom stereocenters. The number of nitrogens with zero attached hydrogens (tertiary/aromatic N) is 6. The fraction of sp³-hybridized carbons (Fsp3) is 0.353. The van der Waals surface area contributed by atoms with Gasteiger partial charge in [-0.3, -0.25) is 4.57 Å². The van der Waals surface area contributed by atoms with Crippen LogP contribution in [0.4, 0.5) is 5.82 Å². The fourth-order valence-electron chi connectivity index (χ4n) is 3.07. The monoisotopic (exact) mass is 404 g/mol. The quantitative estimate of drug-likeness (QED) is 0.660. The lowest BCUT2D eigenvalue weighted by Crippen LogP contribution is -2.48. The predicted molar refractivity (Wildman–Crippen MR) is 104 cm³/mol. The molecule has 0 spiro atoms. The van der Waals surface area contributed by atoms with E-state index in [9.17, 15) is 8.42 Å². The molecule has 0 amide bonds. The zero-order chi connectivity index (χ0) is 19.0. The van der Waals surface area contributed by atoms with Gasteiger partial charge in [-0.1, -0.05) is 0 Å². The summed E-state index contributed by atoms with van der Waals surface area (Å²) >= 11 is 1.31. The van der Waals surface area contributed by atoms with E-state index < -0.39 is 10.0 Å². The van der Waals surface area contributed by atoms with Crippen molar-refractivity contribution in [3.05, 3.63) is 47.4 Å². The van der Waals surface area contributed by atoms with Gasteiger partial charge in [-0.15, -0.1) is 21.5 Å². The molecule has 1 fully saturated rings. The number of imidazole rings is 1. The first-order chi connectivity index (χ1) is 12.9. The molecular weight excluding hydrogens is 384 g/mol. The second-order valence-electron chi connectivity index (χ2n) is 6.35. The van der Waals surface area contributed by atoms with Crippen molar-refractivity contribution < 1.29 is 8.42 Å². The summed E-state index contributed by atoms with van der Waals surface area (Å²) in [5, 5.41) is 8.59. The Morgan fingerprint density at radius 1 is 0.963 bits per heavy atom. The summed E-state index contributed by atoms with van der Waals surface area (Å²) in [5.74, 6) is 2.31. The number of hydrogen-bond donors (Lipinski definition) is 0. The van der Waals surface area contributed by atoms with Crippen LogP contribution in [0.3, 0.4) is 0 Å². The first-order valence-corrected chi connectivity index (χ1v) is 10.9. The number of anilines is 1. The third-order valence-electron chi connectivity index (χ3n) is 4.58. The molecule has 0 N–H and O–H groups in total. The van der Waals surface area contributed by atoms with E-state index in [1.54, 1.807) is 16.6 Å². The molecule has 4 heterocycles. The maximum absolute atomic E-state index is 12.7. The second kappa shape index (κ2) is 7.02. The normalized spacial score (nSPS) is 16.0. The van der Waals surface area contributed by atoms with Crippen LogP contribution in [0.2, 0.25) is 0 Å². The molecule has 142 valence electrons. The van der Waals surface area contributed by atoms with Crippen molar-refractivity contribution in [2.75, 3.05) is 31.1 Å². The third kappa shape index (κ3) is 3.47. The van der Waals surface area contributed by atoms with Crippen LogP contribution < -0.4 is 4.90 Å². The minimum absolute atomic E-state index is 0.410. The molecule has 0 unspecified atom stereocenters. The maximum atomic E-state index is 12.7. The van der Waals surface area contributed by atoms with Crippen LogP contribution >= 0.6 is 11.3 Å². The van der Waals surface area contributed by atoms with E-state index in [1.165, 1.54) is 11.3 Å². The van der Waals surface area contributed by atoms with Gasteiger partial charge in [0.1, 0.15) is 10.0 Å². The summed E-state index contributed by atoms with van der Waals surface area (Å²) in [6.07, 6.45) is 3.56. The Bertz CT molecular complexity index is 1030. The van der Waals surface area contributed by atoms with Gasteiger partial charge in [0.05, 0.1) is 0 Å². The van der Waals surface area contributed by atoms with E-state index >= 15 is 0 Å². The number of piperazine rings is 1. The largest absolute Gasteiger partial charge is 0.352 e. The van der Waals surface area contributed by atoms with Gasteiger partial charge in [-0.05, 0) is 38.1 Å². The van der Waals surface area contributed by atoms with Gasteiger partial charge in [0.2, 0.25) is 0 Å². The standard InChI is InChI=1S/C17H20N6O2S2/c1-13-3-6-17(26-13)27(24,25)22-11-9-21(10-12-22)15-4-5-16(20-19-15)23-8-7-18-14(23)2/h3-8H,9-12H2,1-2H3. The topological polar surface area (TPSA) is 84.2 Å². The van der Waals surface area contributed by atoms with Crippen molar-refractivity contribution in [1.82, 2.24) is 24.1 Å². The summed E-state index contributed by atoms with van der Waals surface area (Å²) < 4.78 is 29.3. The van der Waals surface area contributed by atoms with Gasteiger partial charge in [-0.2, -0.15) is 4.31 Å². The minimum atomic E-state index is -3.41. The molecule has 0 aliphatic carbocycles. The summed E-state index contributed by atoms with van der Waals surface area (Å²) in [7, 11) is -3.41. The third-order valence-corrected chi connectivity index (χ3v) is 7.95. The summed E-state index contributed by atoms with van der Waals surface area (Å²) in [6.45, 7) is 5.86. The number of rotatable bonds is 4. The van der Waals surface area contributed by atoms with E-state index in [0.29, 0.717) is 36.2 Å². The second-order valence-corrected chi connectivity index (χ2v) is 9.80. The number of hydrogen-bond acceptors (Lipinski definition) is 7. The van der Waals surface area contributed by atoms with Crippen LogP contribution in [-0.4, -0.2) is 58.7 Å². The van der Waals surface area contributed by atoms with E-state index in [4.69, 9.17) is 0 Å². The van der Waals surface area contributed by atoms with Crippen LogP contribution in [0.5, 0.6) is 0 Å². The van der Waals surface area contributed by atoms with Gasteiger partial charge in [0.15, 0.2) is 11.6 Å². The van der Waals surface area contributed by atoms with Gasteiger partial charge in [0.25, 0.3) is 10.0 Å². The van der Waals surface area contributed by atoms with Gasteiger partial charge in [0, 0.05) is 43.4 Å². The van der Waals surface area contributed by atoms with Crippen molar-refractivity contribution in [2.24, 2.45) is 0 Å². The van der Waals surface area contributed by atoms with Crippen LogP contribution in [0.25, 0.3) is 5.82 Å². The van der Waals surface area contributed by atoms with Crippen molar-refractivity contribution in [3.63, 3.8) is 0 Å². The summed E-state index contributed by atoms with van der Waals surface area (Å²) in [4.78, 5) is 7.24. The smallest absolute Gasteiger partial charge is 0.252 e. The van der Waals surface area contributed by atoms with Crippen molar-refractivity contribution in [2.45, 2.75) is 18.1 Å². The van der Waals surface area contributed by atoms with Crippen molar-refractivity contribution in [3.8, 4) is 5.82 Å². The Balaban J connectivity index is 1.44. The molecule has 3 aromatic rings. The minimum Gasteiger partial charge on any atom is -0.352 e. The van der Waals surface area contributed by atoms with Crippen LogP contribution in [0.15, 0.2) is 40.9 Å². The number of aryl methyl sites for hydroxylation is 2. The first-order valence-electron chi connectivity index (χ1n) is 8.61. The van der Waals surface area contributed by atoms with Gasteiger partial charge in [-0.25, -0.2) is 13.4 Å². The lowest BCUT2D eigenvalue weighted by molar-refractivity contribution is 0.384. The highest BCUT2D eigenvalue weighted by Crippen LogP contribution is 2.25. The Morgan fingerprint density at radius 3 is 2.22 bits per heavy atom. The average molecular weight is 405 g/mol. The highest BCUT2D eigenvalue weighted by molar-refractivity contribution is 7.91. The first kappa shape index (κ1) is 18.1. The van der Waals surface area contributed by atoms with E-state index in [1.807, 2.05) is 42.8 Å². The molecule has 1 saturated heterocycles. The highest BCUT2D eigenvalue weighted by atomic mass is 32.2. The molecule has 3 aromatic heterocycles. The maximum Gasteiger partial charge on any atom is 0.252 e. The molecule has 0 aromatic carbocycles. The SMILES string of the molecule is Cc1ccc(S(=O)(=O)N2CCN(c3ccc(-n4ccnc4C)nn3)CC2)s1. The lowest BCUT2D eigenvalue weighted by Gasteiger charge is -2.34. The summed E-state index contributed by atoms with van der Waals surface area (Å²) in [6, 6.07) is 7.33. The Morgan fingerprint density at radius 2 is 1.67 bits per heavy atom. The Kier molecular flexibility index (Phi) is 4.70. The molecule has 27 heavy (non-hydrogen) atoms. The molecule has 4 rings (SSSR count). The van der Waals surface area contributed by atoms with Crippen LogP contribution in [0.1, 0.15) is 10.7 Å².